The van der Waals surface area contributed by atoms with Gasteiger partial charge in [-0.05, 0) is 128 Å². The standard InChI is InChI=1S/C96H163NO8/c1-6-8-10-12-14-16-18-20-22-24-26-28-30-32-34-36-38-40-42-44-46-47-49-51-53-55-57-59-61-63-65-67-69-71-73-75-77-79-81-83-85-87-94(99)105-92(91-104-96(95(100)101)102-89-88-97(3,4)5)90-103-93(98)86-84-82-80-78-76-74-72-70-68-66-64-62-60-58-56-54-52-50-48-45-43-41-39-37-35-33-31-29-27-25-23-21-19-17-15-13-11-9-7-2/h8,10,14,16,20,22,25-28,32,34,38,40,44,46,49,51,55,57,61,63,67,69,73,75,92,96H,6-7,9,11-13,15,17-19,21,23-24,29-31,33,35-37,39,41-43,45,47-48,50,52-54,56,58-60,62,64-66,68,70-72,74,76-91H2,1-5H3/b10-8-,16-14-,22-20-,27-25-,28-26-,34-32-,40-38-,46-44-,51-49-,57-55-,63-61-,69-67-,75-73-. The van der Waals surface area contributed by atoms with Crippen molar-refractivity contribution in [3.8, 4) is 0 Å². The molecule has 0 N–H and O–H groups in total. The first-order valence-electron chi connectivity index (χ1n) is 43.6. The summed E-state index contributed by atoms with van der Waals surface area (Å²) in [5, 5.41) is 11.9. The van der Waals surface area contributed by atoms with Crippen molar-refractivity contribution in [3.63, 3.8) is 0 Å². The van der Waals surface area contributed by atoms with E-state index >= 15 is 0 Å². The van der Waals surface area contributed by atoms with Gasteiger partial charge < -0.3 is 33.3 Å². The van der Waals surface area contributed by atoms with Crippen LogP contribution in [0.3, 0.4) is 0 Å². The molecule has 0 aromatic carbocycles. The van der Waals surface area contributed by atoms with Gasteiger partial charge in [-0.2, -0.15) is 0 Å². The summed E-state index contributed by atoms with van der Waals surface area (Å²) in [5.74, 6) is -2.31. The Kier molecular flexibility index (Phi) is 80.4. The Morgan fingerprint density at radius 3 is 0.819 bits per heavy atom. The predicted octanol–water partition coefficient (Wildman–Crippen LogP) is 27.4. The van der Waals surface area contributed by atoms with Crippen LogP contribution in [0.2, 0.25) is 0 Å². The molecule has 0 saturated heterocycles. The van der Waals surface area contributed by atoms with Gasteiger partial charge in [-0.25, -0.2) is 0 Å². The third-order valence-electron chi connectivity index (χ3n) is 18.8. The molecule has 0 bridgehead atoms. The smallest absolute Gasteiger partial charge is 0.306 e. The Hall–Kier alpha value is -5.09. The minimum atomic E-state index is -1.64. The van der Waals surface area contributed by atoms with Gasteiger partial charge >= 0.3 is 11.9 Å². The van der Waals surface area contributed by atoms with E-state index in [1.165, 1.54) is 218 Å². The minimum Gasteiger partial charge on any atom is -0.545 e. The molecule has 0 spiro atoms. The molecule has 0 aromatic rings. The van der Waals surface area contributed by atoms with Crippen LogP contribution in [0, 0.1) is 0 Å². The predicted molar refractivity (Wildman–Crippen MR) is 453 cm³/mol. The zero-order chi connectivity index (χ0) is 76.0. The molecule has 0 saturated carbocycles. The average molecular weight is 1460 g/mol. The van der Waals surface area contributed by atoms with E-state index in [4.69, 9.17) is 18.9 Å². The zero-order valence-electron chi connectivity index (χ0n) is 68.8. The van der Waals surface area contributed by atoms with Crippen molar-refractivity contribution in [1.29, 1.82) is 0 Å². The van der Waals surface area contributed by atoms with Crippen molar-refractivity contribution >= 4 is 17.9 Å². The van der Waals surface area contributed by atoms with Crippen molar-refractivity contribution in [2.24, 2.45) is 0 Å². The van der Waals surface area contributed by atoms with Gasteiger partial charge in [0.15, 0.2) is 12.4 Å². The Morgan fingerprint density at radius 1 is 0.295 bits per heavy atom. The molecule has 0 heterocycles. The van der Waals surface area contributed by atoms with Crippen LogP contribution in [-0.2, 0) is 33.3 Å². The number of unbranched alkanes of at least 4 members (excludes halogenated alkanes) is 39. The first-order chi connectivity index (χ1) is 51.6. The number of nitrogens with zero attached hydrogens (tertiary/aromatic N) is 1. The summed E-state index contributed by atoms with van der Waals surface area (Å²) in [7, 11) is 5.93. The van der Waals surface area contributed by atoms with E-state index in [1.807, 2.05) is 21.1 Å². The lowest BCUT2D eigenvalue weighted by molar-refractivity contribution is -0.870. The molecule has 0 fully saturated rings. The molecule has 2 unspecified atom stereocenters. The second-order valence-electron chi connectivity index (χ2n) is 30.1. The van der Waals surface area contributed by atoms with Gasteiger partial charge in [0.25, 0.3) is 0 Å². The van der Waals surface area contributed by atoms with Crippen molar-refractivity contribution in [2.45, 2.75) is 386 Å². The summed E-state index contributed by atoms with van der Waals surface area (Å²) in [6.07, 6.45) is 123. The van der Waals surface area contributed by atoms with E-state index < -0.39 is 24.3 Å². The normalized spacial score (nSPS) is 13.4. The lowest BCUT2D eigenvalue weighted by atomic mass is 10.0. The van der Waals surface area contributed by atoms with Gasteiger partial charge in [-0.1, -0.05) is 390 Å². The monoisotopic (exact) mass is 1460 g/mol. The summed E-state index contributed by atoms with van der Waals surface area (Å²) < 4.78 is 22.8. The Balaban J connectivity index is 4.07. The highest BCUT2D eigenvalue weighted by Gasteiger charge is 2.22. The first-order valence-corrected chi connectivity index (χ1v) is 43.6. The number of allylic oxidation sites excluding steroid dienone is 26. The molecular formula is C96H163NO8. The molecular weight excluding hydrogens is 1300 g/mol. The largest absolute Gasteiger partial charge is 0.545 e. The van der Waals surface area contributed by atoms with Gasteiger partial charge in [0.2, 0.25) is 0 Å². The van der Waals surface area contributed by atoms with Crippen molar-refractivity contribution in [3.05, 3.63) is 158 Å². The molecule has 0 radical (unpaired) electrons. The Bertz CT molecular complexity index is 2300. The first kappa shape index (κ1) is 99.9. The second kappa shape index (κ2) is 84.5. The van der Waals surface area contributed by atoms with Crippen LogP contribution in [0.1, 0.15) is 373 Å². The number of carboxylic acid groups (broad SMARTS) is 1. The fourth-order valence-corrected chi connectivity index (χ4v) is 12.2. The summed E-state index contributed by atoms with van der Waals surface area (Å²) in [5.41, 5.74) is 0. The fourth-order valence-electron chi connectivity index (χ4n) is 12.2. The minimum absolute atomic E-state index is 0.136. The summed E-state index contributed by atoms with van der Waals surface area (Å²) >= 11 is 0. The highest BCUT2D eigenvalue weighted by Crippen LogP contribution is 2.19. The Labute approximate surface area is 648 Å². The van der Waals surface area contributed by atoms with E-state index in [-0.39, 0.29) is 38.6 Å². The molecule has 0 aliphatic carbocycles. The molecule has 9 nitrogen and oxygen atoms in total. The number of aliphatic carboxylic acids is 1. The Morgan fingerprint density at radius 2 is 0.543 bits per heavy atom. The van der Waals surface area contributed by atoms with Crippen LogP contribution < -0.4 is 5.11 Å². The van der Waals surface area contributed by atoms with E-state index in [9.17, 15) is 19.5 Å². The van der Waals surface area contributed by atoms with Crippen LogP contribution in [-0.4, -0.2) is 82.3 Å². The topological polar surface area (TPSA) is 111 Å². The molecule has 2 atom stereocenters. The summed E-state index contributed by atoms with van der Waals surface area (Å²) in [6, 6.07) is 0. The number of carbonyl (C=O) groups excluding carboxylic acids is 3. The fraction of sp³-hybridized carbons (Fsp3) is 0.698. The van der Waals surface area contributed by atoms with Crippen LogP contribution in [0.4, 0.5) is 0 Å². The maximum absolute atomic E-state index is 13.0. The SMILES string of the molecule is CC/C=C\C/C=C\C/C=C\C/C=C\C/C=C\C/C=C\C/C=C\C/C=C\C/C=C\C/C=C\C/C=C\C/C=C\CCCCCCC(=O)OC(COC(=O)CCCCCCCCCCCCCCCCCCCCCCCCCCCCC/C=C\CCCCCCCCCC)COC(OCC[N+](C)(C)C)C(=O)[O-]. The van der Waals surface area contributed by atoms with Crippen LogP contribution in [0.5, 0.6) is 0 Å². The van der Waals surface area contributed by atoms with E-state index in [0.717, 1.165) is 122 Å². The number of carboxylic acids is 1. The lowest BCUT2D eigenvalue weighted by Gasteiger charge is -2.26. The number of ether oxygens (including phenoxy) is 4. The number of rotatable bonds is 80. The zero-order valence-corrected chi connectivity index (χ0v) is 68.8. The quantitative estimate of drug-likeness (QED) is 0.0195. The van der Waals surface area contributed by atoms with Crippen LogP contribution in [0.15, 0.2) is 158 Å². The number of hydrogen-bond acceptors (Lipinski definition) is 8. The molecule has 600 valence electrons. The molecule has 0 rings (SSSR count). The van der Waals surface area contributed by atoms with Gasteiger partial charge in [0.05, 0.1) is 40.3 Å². The second-order valence-corrected chi connectivity index (χ2v) is 30.1. The molecule has 0 aromatic heterocycles. The highest BCUT2D eigenvalue weighted by molar-refractivity contribution is 5.70. The third kappa shape index (κ3) is 86.0. The van der Waals surface area contributed by atoms with Crippen molar-refractivity contribution in [2.75, 3.05) is 47.5 Å². The number of quaternary nitrogens is 1. The van der Waals surface area contributed by atoms with Gasteiger partial charge in [-0.3, -0.25) is 9.59 Å². The van der Waals surface area contributed by atoms with E-state index in [2.05, 4.69) is 172 Å². The number of hydrogen-bond donors (Lipinski definition) is 0. The van der Waals surface area contributed by atoms with E-state index in [1.54, 1.807) is 0 Å². The van der Waals surface area contributed by atoms with Gasteiger partial charge in [-0.15, -0.1) is 0 Å². The summed E-state index contributed by atoms with van der Waals surface area (Å²) in [6.45, 7) is 4.63. The molecule has 105 heavy (non-hydrogen) atoms. The number of likely N-dealkylation sites (N-methyl/N-ethyl adjacent to an activating group) is 1. The number of carbonyl (C=O) groups is 3. The van der Waals surface area contributed by atoms with Crippen LogP contribution in [0.25, 0.3) is 0 Å². The van der Waals surface area contributed by atoms with Crippen LogP contribution >= 0.6 is 0 Å². The van der Waals surface area contributed by atoms with E-state index in [0.29, 0.717) is 17.4 Å². The molecule has 9 heteroatoms. The third-order valence-corrected chi connectivity index (χ3v) is 18.8. The van der Waals surface area contributed by atoms with Gasteiger partial charge in [0.1, 0.15) is 13.2 Å². The molecule has 0 amide bonds. The maximum atomic E-state index is 13.0. The van der Waals surface area contributed by atoms with Gasteiger partial charge in [0, 0.05) is 12.8 Å². The average Bonchev–Trinajstić information content (AvgIpc) is 1.18. The molecule has 0 aliphatic heterocycles. The van der Waals surface area contributed by atoms with Crippen molar-refractivity contribution in [1.82, 2.24) is 0 Å². The summed E-state index contributed by atoms with van der Waals surface area (Å²) in [4.78, 5) is 37.7. The lowest BCUT2D eigenvalue weighted by Crippen LogP contribution is -2.44. The number of esters is 2. The highest BCUT2D eigenvalue weighted by atomic mass is 16.7. The van der Waals surface area contributed by atoms with Crippen molar-refractivity contribution < 1.29 is 42.9 Å². The maximum Gasteiger partial charge on any atom is 0.306 e. The molecule has 0 aliphatic rings.